The lowest BCUT2D eigenvalue weighted by molar-refractivity contribution is -0.147. The van der Waals surface area contributed by atoms with Gasteiger partial charge in [0.05, 0.1) is 12.7 Å². The Morgan fingerprint density at radius 2 is 2.37 bits per heavy atom. The highest BCUT2D eigenvalue weighted by molar-refractivity contribution is 5.86. The maximum atomic E-state index is 12.3. The second-order valence-electron chi connectivity index (χ2n) is 5.08. The molecule has 2 amide bonds. The Morgan fingerprint density at radius 3 is 2.95 bits per heavy atom. The third kappa shape index (κ3) is 2.40. The topological polar surface area (TPSA) is 89.5 Å². The van der Waals surface area contributed by atoms with Gasteiger partial charge in [0.15, 0.2) is 0 Å². The molecule has 0 aliphatic carbocycles. The molecule has 1 aliphatic rings. The van der Waals surface area contributed by atoms with Crippen LogP contribution in [0.4, 0.5) is 4.79 Å². The first-order valence-corrected chi connectivity index (χ1v) is 6.19. The van der Waals surface area contributed by atoms with E-state index in [4.69, 9.17) is 0 Å². The number of carboxylic acid groups (broad SMARTS) is 1. The van der Waals surface area contributed by atoms with Crippen LogP contribution in [0.25, 0.3) is 0 Å². The van der Waals surface area contributed by atoms with Crippen LogP contribution in [0.1, 0.15) is 25.3 Å². The maximum Gasteiger partial charge on any atom is 0.329 e. The Balaban J connectivity index is 2.08. The van der Waals surface area contributed by atoms with E-state index < -0.39 is 11.5 Å². The molecule has 1 atom stereocenters. The molecule has 0 spiro atoms. The average molecular weight is 266 g/mol. The largest absolute Gasteiger partial charge is 0.480 e. The van der Waals surface area contributed by atoms with Crippen molar-refractivity contribution in [2.75, 3.05) is 13.6 Å². The third-order valence-electron chi connectivity index (χ3n) is 3.63. The summed E-state index contributed by atoms with van der Waals surface area (Å²) in [6.45, 7) is 2.49. The molecule has 19 heavy (non-hydrogen) atoms. The van der Waals surface area contributed by atoms with E-state index in [1.54, 1.807) is 26.4 Å². The summed E-state index contributed by atoms with van der Waals surface area (Å²) in [6.07, 6.45) is 4.57. The molecule has 104 valence electrons. The predicted molar refractivity (Wildman–Crippen MR) is 67.4 cm³/mol. The van der Waals surface area contributed by atoms with E-state index in [9.17, 15) is 14.7 Å². The minimum absolute atomic E-state index is 0.261. The molecule has 7 heteroatoms. The number of aromatic amines is 1. The van der Waals surface area contributed by atoms with Gasteiger partial charge < -0.3 is 14.9 Å². The number of carbonyl (C=O) groups is 2. The second kappa shape index (κ2) is 4.91. The number of carbonyl (C=O) groups excluding carboxylic acids is 1. The number of nitrogens with zero attached hydrogens (tertiary/aromatic N) is 3. The van der Waals surface area contributed by atoms with Gasteiger partial charge in [0.2, 0.25) is 0 Å². The molecule has 2 rings (SSSR count). The number of aliphatic carboxylic acids is 1. The number of hydrogen-bond donors (Lipinski definition) is 2. The minimum Gasteiger partial charge on any atom is -0.480 e. The van der Waals surface area contributed by atoms with Gasteiger partial charge in [0.1, 0.15) is 5.54 Å². The Bertz CT molecular complexity index is 473. The van der Waals surface area contributed by atoms with Crippen LogP contribution in [-0.2, 0) is 11.3 Å². The van der Waals surface area contributed by atoms with Crippen LogP contribution in [-0.4, -0.2) is 56.2 Å². The summed E-state index contributed by atoms with van der Waals surface area (Å²) in [5.41, 5.74) is -0.214. The van der Waals surface area contributed by atoms with Crippen molar-refractivity contribution < 1.29 is 14.7 Å². The van der Waals surface area contributed by atoms with Crippen LogP contribution in [0.3, 0.4) is 0 Å². The van der Waals surface area contributed by atoms with Crippen molar-refractivity contribution in [3.8, 4) is 0 Å². The summed E-state index contributed by atoms with van der Waals surface area (Å²) in [7, 11) is 1.66. The lowest BCUT2D eigenvalue weighted by Crippen LogP contribution is -2.54. The number of hydrogen-bond acceptors (Lipinski definition) is 3. The highest BCUT2D eigenvalue weighted by atomic mass is 16.4. The number of nitrogens with one attached hydrogen (secondary N) is 1. The number of carboxylic acids is 1. The van der Waals surface area contributed by atoms with Crippen LogP contribution in [0.2, 0.25) is 0 Å². The van der Waals surface area contributed by atoms with Crippen LogP contribution in [0.15, 0.2) is 12.4 Å². The second-order valence-corrected chi connectivity index (χ2v) is 5.08. The molecule has 0 aromatic carbocycles. The van der Waals surface area contributed by atoms with Gasteiger partial charge in [-0.25, -0.2) is 9.59 Å². The first-order chi connectivity index (χ1) is 8.95. The summed E-state index contributed by atoms with van der Waals surface area (Å²) < 4.78 is 0. The lowest BCUT2D eigenvalue weighted by atomic mass is 10.00. The molecule has 1 saturated heterocycles. The summed E-state index contributed by atoms with van der Waals surface area (Å²) in [5, 5.41) is 15.8. The van der Waals surface area contributed by atoms with E-state index in [0.717, 1.165) is 5.56 Å². The molecule has 1 fully saturated rings. The van der Waals surface area contributed by atoms with Crippen LogP contribution in [0, 0.1) is 0 Å². The molecule has 2 heterocycles. The molecule has 1 aromatic rings. The summed E-state index contributed by atoms with van der Waals surface area (Å²) in [5.74, 6) is -0.949. The molecular formula is C12H18N4O3. The molecular weight excluding hydrogens is 248 g/mol. The zero-order chi connectivity index (χ0) is 14.0. The predicted octanol–water partition coefficient (Wildman–Crippen LogP) is 0.901. The van der Waals surface area contributed by atoms with Gasteiger partial charge in [-0.05, 0) is 19.8 Å². The molecule has 2 N–H and O–H groups in total. The van der Waals surface area contributed by atoms with Crippen LogP contribution in [0.5, 0.6) is 0 Å². The van der Waals surface area contributed by atoms with Gasteiger partial charge in [0, 0.05) is 25.4 Å². The van der Waals surface area contributed by atoms with E-state index in [1.165, 1.54) is 9.80 Å². The van der Waals surface area contributed by atoms with Gasteiger partial charge in [-0.15, -0.1) is 0 Å². The standard InChI is InChI=1S/C12H18N4O3/c1-12(10(17)18)4-3-5-16(12)11(19)15(2)8-9-6-13-14-7-9/h6-7H,3-5,8H2,1-2H3,(H,13,14)(H,17,18). The number of amides is 2. The smallest absolute Gasteiger partial charge is 0.329 e. The number of likely N-dealkylation sites (tertiary alicyclic amines) is 1. The first kappa shape index (κ1) is 13.4. The van der Waals surface area contributed by atoms with Gasteiger partial charge in [-0.1, -0.05) is 0 Å². The maximum absolute atomic E-state index is 12.3. The monoisotopic (exact) mass is 266 g/mol. The average Bonchev–Trinajstić information content (AvgIpc) is 2.98. The number of aromatic nitrogens is 2. The zero-order valence-corrected chi connectivity index (χ0v) is 11.1. The highest BCUT2D eigenvalue weighted by Gasteiger charge is 2.46. The fraction of sp³-hybridized carbons (Fsp3) is 0.583. The number of urea groups is 1. The Labute approximate surface area is 111 Å². The minimum atomic E-state index is -1.10. The van der Waals surface area contributed by atoms with Gasteiger partial charge in [0.25, 0.3) is 0 Å². The van der Waals surface area contributed by atoms with Gasteiger partial charge >= 0.3 is 12.0 Å². The fourth-order valence-electron chi connectivity index (χ4n) is 2.40. The van der Waals surface area contributed by atoms with Gasteiger partial charge in [-0.2, -0.15) is 5.10 Å². The normalized spacial score (nSPS) is 22.5. The van der Waals surface area contributed by atoms with Crippen LogP contribution >= 0.6 is 0 Å². The van der Waals surface area contributed by atoms with Crippen molar-refractivity contribution in [1.29, 1.82) is 0 Å². The third-order valence-corrected chi connectivity index (χ3v) is 3.63. The lowest BCUT2D eigenvalue weighted by Gasteiger charge is -2.34. The SMILES string of the molecule is CN(Cc1cn[nH]c1)C(=O)N1CCCC1(C)C(=O)O. The molecule has 1 aliphatic heterocycles. The molecule has 7 nitrogen and oxygen atoms in total. The van der Waals surface area contributed by atoms with Crippen molar-refractivity contribution in [3.63, 3.8) is 0 Å². The molecule has 0 bridgehead atoms. The summed E-state index contributed by atoms with van der Waals surface area (Å²) >= 11 is 0. The molecule has 1 aromatic heterocycles. The number of H-pyrrole nitrogens is 1. The van der Waals surface area contributed by atoms with Crippen molar-refractivity contribution >= 4 is 12.0 Å². The van der Waals surface area contributed by atoms with Gasteiger partial charge in [-0.3, -0.25) is 5.10 Å². The quantitative estimate of drug-likeness (QED) is 0.850. The molecule has 1 unspecified atom stereocenters. The fourth-order valence-corrected chi connectivity index (χ4v) is 2.40. The van der Waals surface area contributed by atoms with E-state index in [-0.39, 0.29) is 6.03 Å². The molecule has 0 saturated carbocycles. The highest BCUT2D eigenvalue weighted by Crippen LogP contribution is 2.30. The number of rotatable bonds is 3. The van der Waals surface area contributed by atoms with E-state index in [2.05, 4.69) is 10.2 Å². The van der Waals surface area contributed by atoms with Crippen molar-refractivity contribution in [3.05, 3.63) is 18.0 Å². The van der Waals surface area contributed by atoms with Crippen LogP contribution < -0.4 is 0 Å². The summed E-state index contributed by atoms with van der Waals surface area (Å²) in [4.78, 5) is 26.7. The van der Waals surface area contributed by atoms with E-state index in [1.807, 2.05) is 0 Å². The van der Waals surface area contributed by atoms with E-state index in [0.29, 0.717) is 25.9 Å². The Kier molecular flexibility index (Phi) is 3.46. The Morgan fingerprint density at radius 1 is 1.63 bits per heavy atom. The molecule has 0 radical (unpaired) electrons. The Hall–Kier alpha value is -2.05. The summed E-state index contributed by atoms with van der Waals surface area (Å²) in [6, 6.07) is -0.261. The zero-order valence-electron chi connectivity index (χ0n) is 11.1. The van der Waals surface area contributed by atoms with Crippen molar-refractivity contribution in [2.24, 2.45) is 0 Å². The first-order valence-electron chi connectivity index (χ1n) is 6.19. The van der Waals surface area contributed by atoms with Crippen molar-refractivity contribution in [1.82, 2.24) is 20.0 Å². The van der Waals surface area contributed by atoms with Crippen molar-refractivity contribution in [2.45, 2.75) is 31.8 Å². The van der Waals surface area contributed by atoms with E-state index >= 15 is 0 Å².